The first-order valence-electron chi connectivity index (χ1n) is 10.1. The molecule has 0 aromatic rings. The fraction of sp³-hybridized carbons (Fsp3) is 0.947. The molecule has 0 aromatic carbocycles. The predicted octanol–water partition coefficient (Wildman–Crippen LogP) is 1.77. The largest absolute Gasteiger partial charge is 0.378 e. The van der Waals surface area contributed by atoms with Gasteiger partial charge in [-0.2, -0.15) is 11.8 Å². The number of carbonyl (C=O) groups excluding carboxylic acids is 1. The minimum absolute atomic E-state index is 0.214. The van der Waals surface area contributed by atoms with Gasteiger partial charge in [0.25, 0.3) is 0 Å². The number of piperidine rings is 2. The van der Waals surface area contributed by atoms with Gasteiger partial charge in [0.1, 0.15) is 0 Å². The van der Waals surface area contributed by atoms with Gasteiger partial charge in [-0.3, -0.25) is 9.69 Å². The number of hydrogen-bond donors (Lipinski definition) is 0. The fourth-order valence-electron chi connectivity index (χ4n) is 4.52. The van der Waals surface area contributed by atoms with Crippen LogP contribution in [0.3, 0.4) is 0 Å². The summed E-state index contributed by atoms with van der Waals surface area (Å²) in [6, 6.07) is 0.692. The molecule has 1 atom stereocenters. The second-order valence-corrected chi connectivity index (χ2v) is 8.68. The summed E-state index contributed by atoms with van der Waals surface area (Å²) in [5, 5.41) is 0. The van der Waals surface area contributed by atoms with Crippen molar-refractivity contribution in [3.63, 3.8) is 0 Å². The van der Waals surface area contributed by atoms with Gasteiger partial charge in [-0.05, 0) is 70.3 Å². The molecule has 0 bridgehead atoms. The maximum Gasteiger partial charge on any atom is 0.227 e. The molecule has 1 amide bonds. The highest BCUT2D eigenvalue weighted by Gasteiger charge is 2.33. The number of morpholine rings is 1. The summed E-state index contributed by atoms with van der Waals surface area (Å²) in [4.78, 5) is 20.1. The maximum absolute atomic E-state index is 12.8. The Morgan fingerprint density at radius 1 is 1.08 bits per heavy atom. The van der Waals surface area contributed by atoms with Gasteiger partial charge in [0.05, 0.1) is 19.1 Å². The lowest BCUT2D eigenvalue weighted by Gasteiger charge is -2.43. The van der Waals surface area contributed by atoms with Gasteiger partial charge in [-0.15, -0.1) is 0 Å². The van der Waals surface area contributed by atoms with Crippen molar-refractivity contribution >= 4 is 17.7 Å². The Kier molecular flexibility index (Phi) is 7.90. The van der Waals surface area contributed by atoms with Crippen molar-refractivity contribution in [2.24, 2.45) is 5.92 Å². The van der Waals surface area contributed by atoms with E-state index in [9.17, 15) is 4.79 Å². The average molecular weight is 370 g/mol. The summed E-state index contributed by atoms with van der Waals surface area (Å²) in [6.45, 7) is 8.86. The van der Waals surface area contributed by atoms with E-state index in [0.717, 1.165) is 26.1 Å². The van der Waals surface area contributed by atoms with Crippen LogP contribution in [0.1, 0.15) is 32.1 Å². The molecule has 0 unspecified atom stereocenters. The Labute approximate surface area is 157 Å². The van der Waals surface area contributed by atoms with E-state index >= 15 is 0 Å². The van der Waals surface area contributed by atoms with Crippen molar-refractivity contribution < 1.29 is 9.53 Å². The molecule has 0 aromatic heterocycles. The summed E-state index contributed by atoms with van der Waals surface area (Å²) in [5.74, 6) is 1.87. The number of nitrogens with zero attached hydrogens (tertiary/aromatic N) is 3. The molecule has 25 heavy (non-hydrogen) atoms. The molecule has 0 saturated carbocycles. The summed E-state index contributed by atoms with van der Waals surface area (Å²) < 4.78 is 5.39. The molecule has 144 valence electrons. The standard InChI is InChI=1S/C19H35N3O2S/c1-25-15-3-7-20-9-5-18(6-10-20)22-8-2-4-17(16-22)19(23)21-11-13-24-14-12-21/h17-18H,2-16H2,1H3/t17-/m1/s1. The Hall–Kier alpha value is -0.300. The number of thioether (sulfide) groups is 1. The zero-order valence-electron chi connectivity index (χ0n) is 15.8. The van der Waals surface area contributed by atoms with E-state index in [2.05, 4.69) is 16.1 Å². The van der Waals surface area contributed by atoms with Crippen molar-refractivity contribution in [2.45, 2.75) is 38.1 Å². The number of carbonyl (C=O) groups is 1. The SMILES string of the molecule is CSCCCN1CCC(N2CCC[C@@H](C(=O)N3CCOCC3)C2)CC1. The lowest BCUT2D eigenvalue weighted by molar-refractivity contribution is -0.142. The lowest BCUT2D eigenvalue weighted by atomic mass is 9.92. The summed E-state index contributed by atoms with van der Waals surface area (Å²) in [5.41, 5.74) is 0. The van der Waals surface area contributed by atoms with Crippen molar-refractivity contribution in [3.05, 3.63) is 0 Å². The van der Waals surface area contributed by atoms with Gasteiger partial charge in [0.2, 0.25) is 5.91 Å². The third kappa shape index (κ3) is 5.59. The van der Waals surface area contributed by atoms with Gasteiger partial charge in [0, 0.05) is 25.7 Å². The first-order chi connectivity index (χ1) is 12.3. The van der Waals surface area contributed by atoms with Crippen molar-refractivity contribution in [1.29, 1.82) is 0 Å². The number of hydrogen-bond acceptors (Lipinski definition) is 5. The van der Waals surface area contributed by atoms with Crippen LogP contribution in [0.15, 0.2) is 0 Å². The Balaban J connectivity index is 1.43. The van der Waals surface area contributed by atoms with Crippen LogP contribution in [0.25, 0.3) is 0 Å². The normalized spacial score (nSPS) is 27.6. The molecule has 0 N–H and O–H groups in total. The lowest BCUT2D eigenvalue weighted by Crippen LogP contribution is -2.52. The number of ether oxygens (including phenoxy) is 1. The van der Waals surface area contributed by atoms with Crippen molar-refractivity contribution in [2.75, 3.05) is 71.0 Å². The Morgan fingerprint density at radius 2 is 1.84 bits per heavy atom. The molecule has 3 fully saturated rings. The molecule has 3 aliphatic rings. The maximum atomic E-state index is 12.8. The zero-order chi connectivity index (χ0) is 17.5. The van der Waals surface area contributed by atoms with E-state index in [1.165, 1.54) is 57.6 Å². The van der Waals surface area contributed by atoms with E-state index in [0.29, 0.717) is 25.2 Å². The van der Waals surface area contributed by atoms with Crippen LogP contribution < -0.4 is 0 Å². The zero-order valence-corrected chi connectivity index (χ0v) is 16.6. The molecule has 0 aliphatic carbocycles. The van der Waals surface area contributed by atoms with Crippen LogP contribution in [0.2, 0.25) is 0 Å². The van der Waals surface area contributed by atoms with Gasteiger partial charge in [0.15, 0.2) is 0 Å². The average Bonchev–Trinajstić information content (AvgIpc) is 2.69. The van der Waals surface area contributed by atoms with Gasteiger partial charge in [-0.1, -0.05) is 0 Å². The van der Waals surface area contributed by atoms with Gasteiger partial charge >= 0.3 is 0 Å². The first-order valence-corrected chi connectivity index (χ1v) is 11.5. The molecule has 3 aliphatic heterocycles. The second-order valence-electron chi connectivity index (χ2n) is 7.69. The van der Waals surface area contributed by atoms with E-state index in [1.54, 1.807) is 0 Å². The third-order valence-electron chi connectivity index (χ3n) is 6.02. The smallest absolute Gasteiger partial charge is 0.227 e. The van der Waals surface area contributed by atoms with Crippen LogP contribution in [0.5, 0.6) is 0 Å². The van der Waals surface area contributed by atoms with E-state index in [4.69, 9.17) is 4.74 Å². The molecule has 3 saturated heterocycles. The molecule has 5 nitrogen and oxygen atoms in total. The van der Waals surface area contributed by atoms with Crippen LogP contribution in [0.4, 0.5) is 0 Å². The topological polar surface area (TPSA) is 36.0 Å². The van der Waals surface area contributed by atoms with E-state index in [1.807, 2.05) is 16.7 Å². The van der Waals surface area contributed by atoms with E-state index < -0.39 is 0 Å². The summed E-state index contributed by atoms with van der Waals surface area (Å²) in [7, 11) is 0. The monoisotopic (exact) mass is 369 g/mol. The molecular weight excluding hydrogens is 334 g/mol. The Morgan fingerprint density at radius 3 is 2.56 bits per heavy atom. The predicted molar refractivity (Wildman–Crippen MR) is 104 cm³/mol. The molecule has 3 rings (SSSR count). The minimum Gasteiger partial charge on any atom is -0.378 e. The molecule has 6 heteroatoms. The van der Waals surface area contributed by atoms with Gasteiger partial charge in [-0.25, -0.2) is 0 Å². The second kappa shape index (κ2) is 10.1. The van der Waals surface area contributed by atoms with Crippen molar-refractivity contribution in [3.8, 4) is 0 Å². The minimum atomic E-state index is 0.214. The fourth-order valence-corrected chi connectivity index (χ4v) is 4.94. The van der Waals surface area contributed by atoms with Crippen LogP contribution in [0, 0.1) is 5.92 Å². The molecule has 3 heterocycles. The van der Waals surface area contributed by atoms with Crippen LogP contribution >= 0.6 is 11.8 Å². The highest BCUT2D eigenvalue weighted by Crippen LogP contribution is 2.25. The summed E-state index contributed by atoms with van der Waals surface area (Å²) >= 11 is 1.95. The molecule has 0 spiro atoms. The number of likely N-dealkylation sites (tertiary alicyclic amines) is 2. The van der Waals surface area contributed by atoms with Crippen LogP contribution in [-0.2, 0) is 9.53 Å². The quantitative estimate of drug-likeness (QED) is 0.667. The van der Waals surface area contributed by atoms with Gasteiger partial charge < -0.3 is 14.5 Å². The first kappa shape index (κ1) is 19.5. The molecule has 0 radical (unpaired) electrons. The number of amides is 1. The summed E-state index contributed by atoms with van der Waals surface area (Å²) in [6.07, 6.45) is 8.30. The highest BCUT2D eigenvalue weighted by atomic mass is 32.2. The molecular formula is C19H35N3O2S. The highest BCUT2D eigenvalue weighted by molar-refractivity contribution is 7.98. The van der Waals surface area contributed by atoms with Crippen molar-refractivity contribution in [1.82, 2.24) is 14.7 Å². The Bertz CT molecular complexity index is 409. The third-order valence-corrected chi connectivity index (χ3v) is 6.72. The number of rotatable bonds is 6. The van der Waals surface area contributed by atoms with E-state index in [-0.39, 0.29) is 5.92 Å². The van der Waals surface area contributed by atoms with Crippen LogP contribution in [-0.4, -0.2) is 97.7 Å².